The largest absolute Gasteiger partial charge is 0.494 e. The van der Waals surface area contributed by atoms with Crippen LogP contribution in [0.3, 0.4) is 0 Å². The number of carbonyl (C=O) groups excluding carboxylic acids is 1. The molecule has 3 rings (SSSR count). The summed E-state index contributed by atoms with van der Waals surface area (Å²) < 4.78 is 7.97. The number of anilines is 1. The Morgan fingerprint density at radius 2 is 1.81 bits per heavy atom. The van der Waals surface area contributed by atoms with Gasteiger partial charge in [-0.05, 0) is 49.2 Å². The fraction of sp³-hybridized carbons (Fsp3) is 0.333. The summed E-state index contributed by atoms with van der Waals surface area (Å²) in [5, 5.41) is 2.74. The highest BCUT2D eigenvalue weighted by Gasteiger charge is 2.01. The van der Waals surface area contributed by atoms with Crippen molar-refractivity contribution < 1.29 is 9.53 Å². The third-order valence-corrected chi connectivity index (χ3v) is 4.26. The molecule has 0 bridgehead atoms. The number of carbonyl (C=O) groups is 1. The van der Waals surface area contributed by atoms with Crippen LogP contribution in [0, 0.1) is 0 Å². The lowest BCUT2D eigenvalue weighted by atomic mass is 10.2. The van der Waals surface area contributed by atoms with E-state index in [0.29, 0.717) is 6.61 Å². The van der Waals surface area contributed by atoms with Crippen molar-refractivity contribution in [2.75, 3.05) is 11.9 Å². The van der Waals surface area contributed by atoms with Crippen LogP contribution in [0.25, 0.3) is 11.0 Å². The van der Waals surface area contributed by atoms with Crippen LogP contribution in [-0.4, -0.2) is 22.1 Å². The molecule has 1 N–H and O–H groups in total. The van der Waals surface area contributed by atoms with Gasteiger partial charge in [0.1, 0.15) is 5.75 Å². The topological polar surface area (TPSA) is 56.1 Å². The number of para-hydroxylation sites is 2. The Labute approximate surface area is 154 Å². The van der Waals surface area contributed by atoms with Gasteiger partial charge >= 0.3 is 0 Å². The predicted molar refractivity (Wildman–Crippen MR) is 104 cm³/mol. The molecule has 136 valence electrons. The zero-order valence-corrected chi connectivity index (χ0v) is 15.1. The first-order valence-electron chi connectivity index (χ1n) is 9.13. The zero-order chi connectivity index (χ0) is 18.2. The van der Waals surface area contributed by atoms with Crippen molar-refractivity contribution >= 4 is 22.6 Å². The monoisotopic (exact) mass is 351 g/mol. The Morgan fingerprint density at radius 3 is 2.62 bits per heavy atom. The second kappa shape index (κ2) is 9.04. The molecule has 0 aliphatic heterocycles. The minimum Gasteiger partial charge on any atom is -0.494 e. The molecule has 5 heteroatoms. The number of rotatable bonds is 9. The van der Waals surface area contributed by atoms with E-state index in [0.717, 1.165) is 42.8 Å². The maximum atomic E-state index is 11.0. The number of unbranched alkanes of at least 4 members (excludes halogenated alkanes) is 3. The molecule has 1 heterocycles. The molecule has 0 aliphatic rings. The lowest BCUT2D eigenvalue weighted by Gasteiger charge is -2.08. The SMILES string of the molecule is CC(=O)Nc1ccc(OCCCCCCn2cnc3ccccc32)cc1. The van der Waals surface area contributed by atoms with Crippen LogP contribution in [0.2, 0.25) is 0 Å². The molecule has 0 saturated carbocycles. The molecule has 1 aromatic heterocycles. The number of nitrogens with zero attached hydrogens (tertiary/aromatic N) is 2. The number of ether oxygens (including phenoxy) is 1. The van der Waals surface area contributed by atoms with E-state index in [1.54, 1.807) is 0 Å². The van der Waals surface area contributed by atoms with E-state index in [9.17, 15) is 4.79 Å². The lowest BCUT2D eigenvalue weighted by molar-refractivity contribution is -0.114. The Bertz CT molecular complexity index is 840. The first-order chi connectivity index (χ1) is 12.7. The number of aryl methyl sites for hydroxylation is 1. The molecular formula is C21H25N3O2. The van der Waals surface area contributed by atoms with E-state index >= 15 is 0 Å². The maximum Gasteiger partial charge on any atom is 0.221 e. The third-order valence-electron chi connectivity index (χ3n) is 4.26. The van der Waals surface area contributed by atoms with Gasteiger partial charge in [0.05, 0.1) is 24.0 Å². The quantitative estimate of drug-likeness (QED) is 0.572. The first kappa shape index (κ1) is 18.0. The summed E-state index contributed by atoms with van der Waals surface area (Å²) in [4.78, 5) is 15.4. The average Bonchev–Trinajstić information content (AvgIpc) is 3.05. The Hall–Kier alpha value is -2.82. The van der Waals surface area contributed by atoms with Gasteiger partial charge in [-0.25, -0.2) is 4.98 Å². The zero-order valence-electron chi connectivity index (χ0n) is 15.1. The summed E-state index contributed by atoms with van der Waals surface area (Å²) in [6.45, 7) is 3.22. The second-order valence-electron chi connectivity index (χ2n) is 6.39. The van der Waals surface area contributed by atoms with Gasteiger partial charge in [0.15, 0.2) is 0 Å². The Kier molecular flexibility index (Phi) is 6.25. The fourth-order valence-electron chi connectivity index (χ4n) is 2.95. The maximum absolute atomic E-state index is 11.0. The van der Waals surface area contributed by atoms with Gasteiger partial charge in [-0.2, -0.15) is 0 Å². The van der Waals surface area contributed by atoms with E-state index in [4.69, 9.17) is 4.74 Å². The number of fused-ring (bicyclic) bond motifs is 1. The van der Waals surface area contributed by atoms with Crippen LogP contribution in [0.4, 0.5) is 5.69 Å². The van der Waals surface area contributed by atoms with E-state index < -0.39 is 0 Å². The minimum atomic E-state index is -0.0673. The third kappa shape index (κ3) is 5.09. The molecule has 3 aromatic rings. The van der Waals surface area contributed by atoms with Gasteiger partial charge in [-0.3, -0.25) is 4.79 Å². The molecule has 5 nitrogen and oxygen atoms in total. The molecule has 0 fully saturated rings. The molecule has 0 radical (unpaired) electrons. The highest BCUT2D eigenvalue weighted by Crippen LogP contribution is 2.16. The van der Waals surface area contributed by atoms with Gasteiger partial charge in [0.2, 0.25) is 5.91 Å². The van der Waals surface area contributed by atoms with Crippen molar-refractivity contribution in [3.05, 3.63) is 54.9 Å². The molecule has 0 unspecified atom stereocenters. The summed E-state index contributed by atoms with van der Waals surface area (Å²) in [6.07, 6.45) is 6.44. The Morgan fingerprint density at radius 1 is 1.04 bits per heavy atom. The normalized spacial score (nSPS) is 10.8. The fourth-order valence-corrected chi connectivity index (χ4v) is 2.95. The van der Waals surface area contributed by atoms with Gasteiger partial charge in [-0.15, -0.1) is 0 Å². The molecule has 0 saturated heterocycles. The summed E-state index contributed by atoms with van der Waals surface area (Å²) in [5.41, 5.74) is 3.06. The molecular weight excluding hydrogens is 326 g/mol. The lowest BCUT2D eigenvalue weighted by Crippen LogP contribution is -2.05. The molecule has 2 aromatic carbocycles. The molecule has 0 aliphatic carbocycles. The smallest absolute Gasteiger partial charge is 0.221 e. The van der Waals surface area contributed by atoms with Crippen LogP contribution in [0.15, 0.2) is 54.9 Å². The van der Waals surface area contributed by atoms with Crippen molar-refractivity contribution in [1.82, 2.24) is 9.55 Å². The van der Waals surface area contributed by atoms with Crippen molar-refractivity contribution in [3.8, 4) is 5.75 Å². The second-order valence-corrected chi connectivity index (χ2v) is 6.39. The number of imidazole rings is 1. The van der Waals surface area contributed by atoms with E-state index in [1.165, 1.54) is 18.9 Å². The van der Waals surface area contributed by atoms with Gasteiger partial charge < -0.3 is 14.6 Å². The number of hydrogen-bond acceptors (Lipinski definition) is 3. The predicted octanol–water partition coefficient (Wildman–Crippen LogP) is 4.63. The number of hydrogen-bond donors (Lipinski definition) is 1. The first-order valence-corrected chi connectivity index (χ1v) is 9.13. The Balaban J connectivity index is 1.30. The summed E-state index contributed by atoms with van der Waals surface area (Å²) in [5.74, 6) is 0.770. The van der Waals surface area contributed by atoms with Crippen molar-refractivity contribution in [3.63, 3.8) is 0 Å². The number of amides is 1. The molecule has 0 atom stereocenters. The molecule has 26 heavy (non-hydrogen) atoms. The van der Waals surface area contributed by atoms with Crippen LogP contribution in [0.5, 0.6) is 5.75 Å². The van der Waals surface area contributed by atoms with Gasteiger partial charge in [0.25, 0.3) is 0 Å². The van der Waals surface area contributed by atoms with E-state index in [1.807, 2.05) is 42.7 Å². The van der Waals surface area contributed by atoms with Crippen LogP contribution < -0.4 is 10.1 Å². The van der Waals surface area contributed by atoms with Crippen molar-refractivity contribution in [1.29, 1.82) is 0 Å². The van der Waals surface area contributed by atoms with E-state index in [2.05, 4.69) is 27.0 Å². The van der Waals surface area contributed by atoms with Crippen molar-refractivity contribution in [2.45, 2.75) is 39.2 Å². The minimum absolute atomic E-state index is 0.0673. The molecule has 1 amide bonds. The summed E-state index contributed by atoms with van der Waals surface area (Å²) >= 11 is 0. The van der Waals surface area contributed by atoms with Crippen LogP contribution in [-0.2, 0) is 11.3 Å². The average molecular weight is 351 g/mol. The van der Waals surface area contributed by atoms with Gasteiger partial charge in [-0.1, -0.05) is 25.0 Å². The summed E-state index contributed by atoms with van der Waals surface area (Å²) in [7, 11) is 0. The number of aromatic nitrogens is 2. The van der Waals surface area contributed by atoms with Gasteiger partial charge in [0, 0.05) is 19.2 Å². The molecule has 0 spiro atoms. The number of nitrogens with one attached hydrogen (secondary N) is 1. The van der Waals surface area contributed by atoms with Crippen molar-refractivity contribution in [2.24, 2.45) is 0 Å². The highest BCUT2D eigenvalue weighted by atomic mass is 16.5. The standard InChI is InChI=1S/C21H25N3O2/c1-17(25)23-18-10-12-19(13-11-18)26-15-7-3-2-6-14-24-16-22-20-8-4-5-9-21(20)24/h4-5,8-13,16H,2-3,6-7,14-15H2,1H3,(H,23,25). The van der Waals surface area contributed by atoms with Crippen LogP contribution in [0.1, 0.15) is 32.6 Å². The highest BCUT2D eigenvalue weighted by molar-refractivity contribution is 5.88. The number of benzene rings is 2. The van der Waals surface area contributed by atoms with E-state index in [-0.39, 0.29) is 5.91 Å². The van der Waals surface area contributed by atoms with Crippen LogP contribution >= 0.6 is 0 Å². The summed E-state index contributed by atoms with van der Waals surface area (Å²) in [6, 6.07) is 15.7.